The molecule has 0 saturated heterocycles. The lowest BCUT2D eigenvalue weighted by Gasteiger charge is -2.08. The molecule has 0 aliphatic heterocycles. The van der Waals surface area contributed by atoms with Crippen molar-refractivity contribution < 1.29 is 18.9 Å². The van der Waals surface area contributed by atoms with Crippen molar-refractivity contribution in [3.63, 3.8) is 0 Å². The average Bonchev–Trinajstić information content (AvgIpc) is 2.56. The van der Waals surface area contributed by atoms with E-state index in [1.54, 1.807) is 0 Å². The van der Waals surface area contributed by atoms with Crippen LogP contribution in [0.5, 0.6) is 5.75 Å². The molecule has 6 heteroatoms. The van der Waals surface area contributed by atoms with Gasteiger partial charge in [-0.15, -0.1) is 0 Å². The lowest BCUT2D eigenvalue weighted by Crippen LogP contribution is -2.17. The Bertz CT molecular complexity index is 360. The summed E-state index contributed by atoms with van der Waals surface area (Å²) in [6.45, 7) is 5.02. The van der Waals surface area contributed by atoms with Gasteiger partial charge in [0.1, 0.15) is 12.4 Å². The van der Waals surface area contributed by atoms with Crippen molar-refractivity contribution in [2.45, 2.75) is 0 Å². The highest BCUT2D eigenvalue weighted by molar-refractivity contribution is 5.45. The zero-order valence-corrected chi connectivity index (χ0v) is 13.6. The molecule has 0 aliphatic rings. The highest BCUT2D eigenvalue weighted by atomic mass is 16.6. The number of nitrogens with one attached hydrogen (secondary N) is 2. The highest BCUT2D eigenvalue weighted by Gasteiger charge is 1.95. The van der Waals surface area contributed by atoms with Crippen molar-refractivity contribution in [1.29, 1.82) is 0 Å². The summed E-state index contributed by atoms with van der Waals surface area (Å²) < 4.78 is 21.7. The van der Waals surface area contributed by atoms with E-state index in [0.29, 0.717) is 46.2 Å². The lowest BCUT2D eigenvalue weighted by molar-refractivity contribution is 0.0100. The van der Waals surface area contributed by atoms with Gasteiger partial charge in [0.05, 0.1) is 39.6 Å². The Hall–Kier alpha value is -1.34. The molecule has 0 spiro atoms. The summed E-state index contributed by atoms with van der Waals surface area (Å²) in [6, 6.07) is 7.82. The Kier molecular flexibility index (Phi) is 11.3. The van der Waals surface area contributed by atoms with E-state index in [2.05, 4.69) is 10.6 Å². The second kappa shape index (κ2) is 13.3. The molecular formula is C16H28N2O4. The first kappa shape index (κ1) is 18.7. The lowest BCUT2D eigenvalue weighted by atomic mass is 10.3. The third-order valence-corrected chi connectivity index (χ3v) is 2.88. The van der Waals surface area contributed by atoms with Crippen LogP contribution in [0, 0.1) is 0 Å². The Balaban J connectivity index is 1.85. The van der Waals surface area contributed by atoms with Crippen LogP contribution in [0.1, 0.15) is 0 Å². The minimum Gasteiger partial charge on any atom is -0.491 e. The highest BCUT2D eigenvalue weighted by Crippen LogP contribution is 2.14. The molecule has 0 amide bonds. The van der Waals surface area contributed by atoms with E-state index in [0.717, 1.165) is 18.0 Å². The van der Waals surface area contributed by atoms with Crippen LogP contribution in [-0.4, -0.2) is 66.9 Å². The van der Waals surface area contributed by atoms with E-state index in [1.165, 1.54) is 0 Å². The van der Waals surface area contributed by atoms with Crippen molar-refractivity contribution in [3.8, 4) is 5.75 Å². The van der Waals surface area contributed by atoms with Gasteiger partial charge in [0.25, 0.3) is 0 Å². The van der Waals surface area contributed by atoms with Gasteiger partial charge in [-0.1, -0.05) is 0 Å². The van der Waals surface area contributed by atoms with Gasteiger partial charge in [0.2, 0.25) is 0 Å². The fourth-order valence-corrected chi connectivity index (χ4v) is 1.65. The summed E-state index contributed by atoms with van der Waals surface area (Å²) in [5.41, 5.74) is 1.07. The molecule has 6 nitrogen and oxygen atoms in total. The van der Waals surface area contributed by atoms with Crippen LogP contribution >= 0.6 is 0 Å². The summed E-state index contributed by atoms with van der Waals surface area (Å²) in [5, 5.41) is 6.08. The molecule has 0 bridgehead atoms. The number of hydrogen-bond acceptors (Lipinski definition) is 6. The van der Waals surface area contributed by atoms with Crippen LogP contribution < -0.4 is 15.4 Å². The number of anilines is 1. The van der Waals surface area contributed by atoms with Crippen LogP contribution in [-0.2, 0) is 14.2 Å². The third-order valence-electron chi connectivity index (χ3n) is 2.88. The summed E-state index contributed by atoms with van der Waals surface area (Å²) in [6.07, 6.45) is 0. The van der Waals surface area contributed by atoms with Gasteiger partial charge in [-0.25, -0.2) is 0 Å². The smallest absolute Gasteiger partial charge is 0.119 e. The Labute approximate surface area is 133 Å². The summed E-state index contributed by atoms with van der Waals surface area (Å²) >= 11 is 0. The van der Waals surface area contributed by atoms with Gasteiger partial charge >= 0.3 is 0 Å². The largest absolute Gasteiger partial charge is 0.491 e. The molecule has 0 fully saturated rings. The van der Waals surface area contributed by atoms with Gasteiger partial charge in [-0.2, -0.15) is 0 Å². The van der Waals surface area contributed by atoms with E-state index < -0.39 is 0 Å². The fraction of sp³-hybridized carbons (Fsp3) is 0.625. The van der Waals surface area contributed by atoms with Crippen LogP contribution in [0.2, 0.25) is 0 Å². The predicted molar refractivity (Wildman–Crippen MR) is 87.9 cm³/mol. The summed E-state index contributed by atoms with van der Waals surface area (Å²) in [7, 11) is 3.79. The Morgan fingerprint density at radius 3 is 1.82 bits per heavy atom. The predicted octanol–water partition coefficient (Wildman–Crippen LogP) is 1.38. The minimum absolute atomic E-state index is 0.534. The van der Waals surface area contributed by atoms with Crippen molar-refractivity contribution in [1.82, 2.24) is 5.32 Å². The van der Waals surface area contributed by atoms with E-state index in [1.807, 2.05) is 38.4 Å². The molecule has 2 N–H and O–H groups in total. The average molecular weight is 312 g/mol. The fourth-order valence-electron chi connectivity index (χ4n) is 1.65. The monoisotopic (exact) mass is 312 g/mol. The third kappa shape index (κ3) is 9.57. The van der Waals surface area contributed by atoms with Gasteiger partial charge in [-0.3, -0.25) is 0 Å². The van der Waals surface area contributed by atoms with E-state index in [4.69, 9.17) is 18.9 Å². The van der Waals surface area contributed by atoms with Crippen LogP contribution in [0.25, 0.3) is 0 Å². The normalized spacial score (nSPS) is 10.6. The maximum absolute atomic E-state index is 5.57. The molecule has 0 radical (unpaired) electrons. The number of likely N-dealkylation sites (N-methyl/N-ethyl adjacent to an activating group) is 1. The molecule has 1 rings (SSSR count). The zero-order chi connectivity index (χ0) is 15.9. The SMILES string of the molecule is CNCCOCCOCCOCCOc1ccc(NC)cc1. The quantitative estimate of drug-likeness (QED) is 0.506. The first-order valence-electron chi connectivity index (χ1n) is 7.65. The van der Waals surface area contributed by atoms with Gasteiger partial charge in [-0.05, 0) is 31.3 Å². The van der Waals surface area contributed by atoms with E-state index in [9.17, 15) is 0 Å². The topological polar surface area (TPSA) is 61.0 Å². The van der Waals surface area contributed by atoms with Crippen molar-refractivity contribution in [3.05, 3.63) is 24.3 Å². The van der Waals surface area contributed by atoms with Crippen molar-refractivity contribution in [2.75, 3.05) is 72.2 Å². The molecule has 22 heavy (non-hydrogen) atoms. The molecule has 0 aromatic heterocycles. The van der Waals surface area contributed by atoms with Gasteiger partial charge in [0, 0.05) is 19.3 Å². The molecule has 0 saturated carbocycles. The first-order valence-corrected chi connectivity index (χ1v) is 7.65. The van der Waals surface area contributed by atoms with Crippen molar-refractivity contribution in [2.24, 2.45) is 0 Å². The second-order valence-electron chi connectivity index (χ2n) is 4.56. The van der Waals surface area contributed by atoms with Gasteiger partial charge < -0.3 is 29.6 Å². The number of benzene rings is 1. The maximum atomic E-state index is 5.57. The van der Waals surface area contributed by atoms with Crippen LogP contribution in [0.15, 0.2) is 24.3 Å². The Morgan fingerprint density at radius 2 is 1.27 bits per heavy atom. The molecule has 1 aromatic rings. The number of ether oxygens (including phenoxy) is 4. The molecule has 0 heterocycles. The second-order valence-corrected chi connectivity index (χ2v) is 4.56. The van der Waals surface area contributed by atoms with E-state index in [-0.39, 0.29) is 0 Å². The minimum atomic E-state index is 0.534. The Morgan fingerprint density at radius 1 is 0.727 bits per heavy atom. The molecule has 0 aliphatic carbocycles. The number of rotatable bonds is 14. The summed E-state index contributed by atoms with van der Waals surface area (Å²) in [4.78, 5) is 0. The molecule has 0 atom stereocenters. The van der Waals surface area contributed by atoms with Crippen LogP contribution in [0.4, 0.5) is 5.69 Å². The van der Waals surface area contributed by atoms with Crippen LogP contribution in [0.3, 0.4) is 0 Å². The number of hydrogen-bond donors (Lipinski definition) is 2. The molecule has 1 aromatic carbocycles. The zero-order valence-electron chi connectivity index (χ0n) is 13.6. The molecular weight excluding hydrogens is 284 g/mol. The summed E-state index contributed by atoms with van der Waals surface area (Å²) in [5.74, 6) is 0.845. The van der Waals surface area contributed by atoms with E-state index >= 15 is 0 Å². The molecule has 0 unspecified atom stereocenters. The first-order chi connectivity index (χ1) is 10.9. The van der Waals surface area contributed by atoms with Crippen molar-refractivity contribution >= 4 is 5.69 Å². The maximum Gasteiger partial charge on any atom is 0.119 e. The van der Waals surface area contributed by atoms with Gasteiger partial charge in [0.15, 0.2) is 0 Å². The molecule has 126 valence electrons. The standard InChI is InChI=1S/C16H28N2O4/c1-17-7-8-19-9-10-20-11-12-21-13-14-22-16-5-3-15(18-2)4-6-16/h3-6,17-18H,7-14H2,1-2H3.